The second-order valence-corrected chi connectivity index (χ2v) is 5.91. The van der Waals surface area contributed by atoms with Crippen molar-refractivity contribution in [2.45, 2.75) is 51.6 Å². The molecule has 0 saturated heterocycles. The first kappa shape index (κ1) is 15.3. The maximum atomic E-state index is 14.1. The third-order valence-electron chi connectivity index (χ3n) is 4.64. The lowest BCUT2D eigenvalue weighted by molar-refractivity contribution is 0.0677. The number of rotatable bonds is 5. The van der Waals surface area contributed by atoms with Crippen LogP contribution in [0.15, 0.2) is 18.2 Å². The highest BCUT2D eigenvalue weighted by Gasteiger charge is 2.27. The number of benzene rings is 1. The van der Waals surface area contributed by atoms with E-state index in [0.717, 1.165) is 18.8 Å². The van der Waals surface area contributed by atoms with E-state index >= 15 is 0 Å². The van der Waals surface area contributed by atoms with Crippen molar-refractivity contribution in [2.24, 2.45) is 11.8 Å². The SMILES string of the molecule is CCC1CCCC(C(O)Cc2cccc(OC)c2F)C1. The molecular weight excluding hydrogens is 255 g/mol. The van der Waals surface area contributed by atoms with E-state index in [2.05, 4.69) is 6.92 Å². The van der Waals surface area contributed by atoms with Gasteiger partial charge in [-0.1, -0.05) is 38.3 Å². The second-order valence-electron chi connectivity index (χ2n) is 5.91. The molecule has 1 saturated carbocycles. The summed E-state index contributed by atoms with van der Waals surface area (Å²) < 4.78 is 19.1. The number of hydrogen-bond acceptors (Lipinski definition) is 2. The van der Waals surface area contributed by atoms with Crippen LogP contribution in [0.1, 0.15) is 44.6 Å². The largest absolute Gasteiger partial charge is 0.494 e. The van der Waals surface area contributed by atoms with Crippen molar-refractivity contribution < 1.29 is 14.2 Å². The van der Waals surface area contributed by atoms with Crippen LogP contribution >= 0.6 is 0 Å². The van der Waals surface area contributed by atoms with Gasteiger partial charge in [-0.25, -0.2) is 4.39 Å². The van der Waals surface area contributed by atoms with Crippen LogP contribution in [0.5, 0.6) is 5.75 Å². The summed E-state index contributed by atoms with van der Waals surface area (Å²) in [6, 6.07) is 5.12. The zero-order valence-electron chi connectivity index (χ0n) is 12.4. The van der Waals surface area contributed by atoms with Crippen LogP contribution in [0.4, 0.5) is 4.39 Å². The van der Waals surface area contributed by atoms with E-state index in [1.807, 2.05) is 0 Å². The number of aliphatic hydroxyl groups excluding tert-OH is 1. The topological polar surface area (TPSA) is 29.5 Å². The predicted molar refractivity (Wildman–Crippen MR) is 78.4 cm³/mol. The Bertz CT molecular complexity index is 433. The molecule has 1 aliphatic carbocycles. The van der Waals surface area contributed by atoms with Gasteiger partial charge in [0, 0.05) is 6.42 Å². The third-order valence-corrected chi connectivity index (χ3v) is 4.64. The molecule has 3 atom stereocenters. The molecule has 0 aromatic heterocycles. The molecule has 2 nitrogen and oxygen atoms in total. The van der Waals surface area contributed by atoms with Gasteiger partial charge in [0.2, 0.25) is 0 Å². The van der Waals surface area contributed by atoms with Gasteiger partial charge in [0.15, 0.2) is 11.6 Å². The van der Waals surface area contributed by atoms with E-state index < -0.39 is 6.10 Å². The number of aliphatic hydroxyl groups is 1. The van der Waals surface area contributed by atoms with E-state index in [4.69, 9.17) is 4.74 Å². The fourth-order valence-electron chi connectivity index (χ4n) is 3.32. The Hall–Kier alpha value is -1.09. The molecule has 1 aromatic rings. The van der Waals surface area contributed by atoms with Crippen LogP contribution in [-0.4, -0.2) is 18.3 Å². The summed E-state index contributed by atoms with van der Waals surface area (Å²) in [6.07, 6.45) is 5.69. The van der Waals surface area contributed by atoms with E-state index in [9.17, 15) is 9.50 Å². The Kier molecular flexibility index (Phi) is 5.41. The Morgan fingerprint density at radius 1 is 1.40 bits per heavy atom. The van der Waals surface area contributed by atoms with Gasteiger partial charge in [0.25, 0.3) is 0 Å². The maximum absolute atomic E-state index is 14.1. The summed E-state index contributed by atoms with van der Waals surface area (Å²) in [7, 11) is 1.46. The Balaban J connectivity index is 2.02. The monoisotopic (exact) mass is 280 g/mol. The zero-order chi connectivity index (χ0) is 14.5. The number of ether oxygens (including phenoxy) is 1. The molecule has 0 heterocycles. The lowest BCUT2D eigenvalue weighted by Gasteiger charge is -2.32. The van der Waals surface area contributed by atoms with Gasteiger partial charge >= 0.3 is 0 Å². The summed E-state index contributed by atoms with van der Waals surface area (Å²) in [5.74, 6) is 0.944. The van der Waals surface area contributed by atoms with Crippen LogP contribution in [0.25, 0.3) is 0 Å². The third kappa shape index (κ3) is 3.51. The van der Waals surface area contributed by atoms with Gasteiger partial charge in [-0.3, -0.25) is 0 Å². The number of halogens is 1. The Morgan fingerprint density at radius 3 is 2.90 bits per heavy atom. The first-order chi connectivity index (χ1) is 9.65. The minimum absolute atomic E-state index is 0.254. The van der Waals surface area contributed by atoms with Crippen molar-refractivity contribution in [3.63, 3.8) is 0 Å². The Morgan fingerprint density at radius 2 is 2.20 bits per heavy atom. The molecule has 0 radical (unpaired) electrons. The van der Waals surface area contributed by atoms with Crippen LogP contribution in [-0.2, 0) is 6.42 Å². The lowest BCUT2D eigenvalue weighted by Crippen LogP contribution is -2.28. The minimum atomic E-state index is -0.453. The summed E-state index contributed by atoms with van der Waals surface area (Å²) in [5, 5.41) is 10.4. The summed E-state index contributed by atoms with van der Waals surface area (Å²) >= 11 is 0. The highest BCUT2D eigenvalue weighted by Crippen LogP contribution is 2.34. The van der Waals surface area contributed by atoms with Crippen LogP contribution in [0.2, 0.25) is 0 Å². The first-order valence-electron chi connectivity index (χ1n) is 7.65. The van der Waals surface area contributed by atoms with Gasteiger partial charge in [-0.05, 0) is 36.3 Å². The highest BCUT2D eigenvalue weighted by atomic mass is 19.1. The number of hydrogen-bond donors (Lipinski definition) is 1. The molecule has 0 bridgehead atoms. The van der Waals surface area contributed by atoms with Crippen molar-refractivity contribution in [1.29, 1.82) is 0 Å². The lowest BCUT2D eigenvalue weighted by atomic mass is 9.76. The van der Waals surface area contributed by atoms with E-state index in [-0.39, 0.29) is 11.6 Å². The standard InChI is InChI=1S/C17H25FO2/c1-3-12-6-4-7-13(10-12)15(19)11-14-8-5-9-16(20-2)17(14)18/h5,8-9,12-13,15,19H,3-4,6-7,10-11H2,1-2H3. The van der Waals surface area contributed by atoms with Gasteiger partial charge in [-0.15, -0.1) is 0 Å². The van der Waals surface area contributed by atoms with Crippen LogP contribution in [0.3, 0.4) is 0 Å². The molecule has 112 valence electrons. The van der Waals surface area contributed by atoms with Crippen molar-refractivity contribution in [3.8, 4) is 5.75 Å². The maximum Gasteiger partial charge on any atom is 0.168 e. The van der Waals surface area contributed by atoms with E-state index in [0.29, 0.717) is 17.9 Å². The number of methoxy groups -OCH3 is 1. The fourth-order valence-corrected chi connectivity index (χ4v) is 3.32. The summed E-state index contributed by atoms with van der Waals surface area (Å²) in [6.45, 7) is 2.21. The highest BCUT2D eigenvalue weighted by molar-refractivity contribution is 5.31. The smallest absolute Gasteiger partial charge is 0.168 e. The zero-order valence-corrected chi connectivity index (χ0v) is 12.4. The van der Waals surface area contributed by atoms with Crippen LogP contribution in [0, 0.1) is 17.7 Å². The van der Waals surface area contributed by atoms with Gasteiger partial charge in [-0.2, -0.15) is 0 Å². The molecule has 0 amide bonds. The van der Waals surface area contributed by atoms with E-state index in [1.54, 1.807) is 18.2 Å². The van der Waals surface area contributed by atoms with Crippen molar-refractivity contribution in [3.05, 3.63) is 29.6 Å². The van der Waals surface area contributed by atoms with Gasteiger partial charge in [0.1, 0.15) is 0 Å². The molecule has 1 N–H and O–H groups in total. The Labute approximate surface area is 121 Å². The molecule has 1 aromatic carbocycles. The first-order valence-corrected chi connectivity index (χ1v) is 7.65. The van der Waals surface area contributed by atoms with Gasteiger partial charge < -0.3 is 9.84 Å². The second kappa shape index (κ2) is 7.07. The molecule has 20 heavy (non-hydrogen) atoms. The van der Waals surface area contributed by atoms with E-state index in [1.165, 1.54) is 26.4 Å². The molecule has 3 heteroatoms. The van der Waals surface area contributed by atoms with Crippen molar-refractivity contribution >= 4 is 0 Å². The van der Waals surface area contributed by atoms with Crippen LogP contribution < -0.4 is 4.74 Å². The molecule has 2 rings (SSSR count). The van der Waals surface area contributed by atoms with Crippen molar-refractivity contribution in [2.75, 3.05) is 7.11 Å². The predicted octanol–water partition coefficient (Wildman–Crippen LogP) is 3.95. The molecule has 0 spiro atoms. The van der Waals surface area contributed by atoms with Crippen molar-refractivity contribution in [1.82, 2.24) is 0 Å². The normalized spacial score (nSPS) is 24.4. The minimum Gasteiger partial charge on any atom is -0.494 e. The quantitative estimate of drug-likeness (QED) is 0.884. The summed E-state index contributed by atoms with van der Waals surface area (Å²) in [5.41, 5.74) is 0.551. The fraction of sp³-hybridized carbons (Fsp3) is 0.647. The molecule has 0 aliphatic heterocycles. The molecule has 1 fully saturated rings. The summed E-state index contributed by atoms with van der Waals surface area (Å²) in [4.78, 5) is 0. The average Bonchev–Trinajstić information content (AvgIpc) is 2.49. The molecule has 3 unspecified atom stereocenters. The molecule has 1 aliphatic rings. The molecular formula is C17H25FO2. The average molecular weight is 280 g/mol. The van der Waals surface area contributed by atoms with Gasteiger partial charge in [0.05, 0.1) is 13.2 Å².